The molecule has 0 radical (unpaired) electrons. The summed E-state index contributed by atoms with van der Waals surface area (Å²) in [7, 11) is 0. The fourth-order valence-electron chi connectivity index (χ4n) is 2.78. The molecule has 0 bridgehead atoms. The summed E-state index contributed by atoms with van der Waals surface area (Å²) >= 11 is 0. The molecule has 3 N–H and O–H groups in total. The van der Waals surface area contributed by atoms with Crippen LogP contribution in [0.5, 0.6) is 0 Å². The van der Waals surface area contributed by atoms with Gasteiger partial charge in [0.05, 0.1) is 12.2 Å². The van der Waals surface area contributed by atoms with Gasteiger partial charge in [0.1, 0.15) is 0 Å². The van der Waals surface area contributed by atoms with Crippen LogP contribution in [0.2, 0.25) is 0 Å². The number of aryl methyl sites for hydroxylation is 1. The van der Waals surface area contributed by atoms with E-state index in [1.54, 1.807) is 11.0 Å². The molecule has 1 aliphatic carbocycles. The molecule has 0 spiro atoms. The second-order valence-corrected chi connectivity index (χ2v) is 5.25. The van der Waals surface area contributed by atoms with Gasteiger partial charge in [0.15, 0.2) is 0 Å². The number of hydrogen-bond donors (Lipinski definition) is 2. The molecule has 1 fully saturated rings. The van der Waals surface area contributed by atoms with Gasteiger partial charge in [-0.2, -0.15) is 0 Å². The predicted octanol–water partition coefficient (Wildman–Crippen LogP) is 1.95. The van der Waals surface area contributed by atoms with Crippen molar-refractivity contribution in [3.63, 3.8) is 0 Å². The van der Waals surface area contributed by atoms with E-state index in [0.29, 0.717) is 17.8 Å². The highest BCUT2D eigenvalue weighted by atomic mass is 16.3. The first-order valence-corrected chi connectivity index (χ1v) is 6.91. The topological polar surface area (TPSA) is 66.6 Å². The lowest BCUT2D eigenvalue weighted by Crippen LogP contribution is -2.41. The van der Waals surface area contributed by atoms with Crippen LogP contribution in [0.15, 0.2) is 18.2 Å². The lowest BCUT2D eigenvalue weighted by molar-refractivity contribution is 0.0639. The number of benzene rings is 1. The van der Waals surface area contributed by atoms with Crippen LogP contribution in [0.25, 0.3) is 0 Å². The Morgan fingerprint density at radius 2 is 2.11 bits per heavy atom. The fourth-order valence-corrected chi connectivity index (χ4v) is 2.78. The standard InChI is InChI=1S/C15H22N2O2/c1-11-6-7-14(16)13(10-11)15(19)17(8-9-18)12-4-2-3-5-12/h6-7,10,12,18H,2-5,8-9,16H2,1H3. The monoisotopic (exact) mass is 262 g/mol. The van der Waals surface area contributed by atoms with E-state index < -0.39 is 0 Å². The minimum absolute atomic E-state index is 0.00599. The van der Waals surface area contributed by atoms with Gasteiger partial charge in [0.2, 0.25) is 0 Å². The second kappa shape index (κ2) is 6.06. The highest BCUT2D eigenvalue weighted by molar-refractivity contribution is 5.99. The van der Waals surface area contributed by atoms with Gasteiger partial charge in [-0.3, -0.25) is 4.79 Å². The highest BCUT2D eigenvalue weighted by Crippen LogP contribution is 2.26. The largest absolute Gasteiger partial charge is 0.398 e. The summed E-state index contributed by atoms with van der Waals surface area (Å²) in [6, 6.07) is 5.75. The minimum atomic E-state index is -0.0536. The van der Waals surface area contributed by atoms with E-state index in [-0.39, 0.29) is 18.6 Å². The van der Waals surface area contributed by atoms with Crippen LogP contribution in [0.3, 0.4) is 0 Å². The number of hydrogen-bond acceptors (Lipinski definition) is 3. The van der Waals surface area contributed by atoms with Gasteiger partial charge in [-0.05, 0) is 31.9 Å². The molecule has 1 aromatic rings. The van der Waals surface area contributed by atoms with E-state index in [4.69, 9.17) is 5.73 Å². The molecular weight excluding hydrogens is 240 g/mol. The Balaban J connectivity index is 2.25. The Bertz CT molecular complexity index is 453. The highest BCUT2D eigenvalue weighted by Gasteiger charge is 2.27. The number of aliphatic hydroxyl groups excluding tert-OH is 1. The number of anilines is 1. The Hall–Kier alpha value is -1.55. The fraction of sp³-hybridized carbons (Fsp3) is 0.533. The number of nitrogen functional groups attached to an aromatic ring is 1. The van der Waals surface area contributed by atoms with Crippen LogP contribution in [-0.2, 0) is 0 Å². The lowest BCUT2D eigenvalue weighted by Gasteiger charge is -2.29. The van der Waals surface area contributed by atoms with Crippen molar-refractivity contribution in [2.24, 2.45) is 0 Å². The van der Waals surface area contributed by atoms with Gasteiger partial charge in [-0.25, -0.2) is 0 Å². The first-order valence-electron chi connectivity index (χ1n) is 6.91. The van der Waals surface area contributed by atoms with Gasteiger partial charge >= 0.3 is 0 Å². The van der Waals surface area contributed by atoms with Crippen molar-refractivity contribution in [2.45, 2.75) is 38.6 Å². The smallest absolute Gasteiger partial charge is 0.256 e. The van der Waals surface area contributed by atoms with Crippen LogP contribution in [-0.4, -0.2) is 35.1 Å². The van der Waals surface area contributed by atoms with Crippen LogP contribution in [0.1, 0.15) is 41.6 Å². The first-order chi connectivity index (χ1) is 9.13. The number of aliphatic hydroxyl groups is 1. The van der Waals surface area contributed by atoms with E-state index in [0.717, 1.165) is 31.2 Å². The summed E-state index contributed by atoms with van der Waals surface area (Å²) in [6.45, 7) is 2.33. The minimum Gasteiger partial charge on any atom is -0.398 e. The van der Waals surface area contributed by atoms with Gasteiger partial charge in [-0.1, -0.05) is 24.5 Å². The van der Waals surface area contributed by atoms with E-state index in [1.165, 1.54) is 0 Å². The quantitative estimate of drug-likeness (QED) is 0.815. The Morgan fingerprint density at radius 3 is 2.74 bits per heavy atom. The molecule has 1 aliphatic rings. The van der Waals surface area contributed by atoms with Crippen molar-refractivity contribution in [1.29, 1.82) is 0 Å². The molecule has 2 rings (SSSR count). The molecule has 0 unspecified atom stereocenters. The first kappa shape index (κ1) is 13.9. The van der Waals surface area contributed by atoms with Crippen molar-refractivity contribution >= 4 is 11.6 Å². The molecule has 0 aromatic heterocycles. The zero-order valence-electron chi connectivity index (χ0n) is 11.4. The third-order valence-electron chi connectivity index (χ3n) is 3.81. The molecule has 4 heteroatoms. The SMILES string of the molecule is Cc1ccc(N)c(C(=O)N(CCO)C2CCCC2)c1. The van der Waals surface area contributed by atoms with Crippen molar-refractivity contribution < 1.29 is 9.90 Å². The van der Waals surface area contributed by atoms with Crippen molar-refractivity contribution in [3.8, 4) is 0 Å². The summed E-state index contributed by atoms with van der Waals surface area (Å²) in [4.78, 5) is 14.4. The average Bonchev–Trinajstić information content (AvgIpc) is 2.92. The van der Waals surface area contributed by atoms with E-state index in [2.05, 4.69) is 0 Å². The normalized spacial score (nSPS) is 15.7. The second-order valence-electron chi connectivity index (χ2n) is 5.25. The average molecular weight is 262 g/mol. The third kappa shape index (κ3) is 3.07. The molecule has 4 nitrogen and oxygen atoms in total. The Labute approximate surface area is 114 Å². The number of carbonyl (C=O) groups is 1. The number of amides is 1. The molecular formula is C15H22N2O2. The number of rotatable bonds is 4. The van der Waals surface area contributed by atoms with Gasteiger partial charge in [-0.15, -0.1) is 0 Å². The van der Waals surface area contributed by atoms with E-state index in [1.807, 2.05) is 19.1 Å². The third-order valence-corrected chi connectivity index (χ3v) is 3.81. The maximum Gasteiger partial charge on any atom is 0.256 e. The van der Waals surface area contributed by atoms with Crippen LogP contribution >= 0.6 is 0 Å². The van der Waals surface area contributed by atoms with E-state index in [9.17, 15) is 9.90 Å². The molecule has 104 valence electrons. The molecule has 1 aromatic carbocycles. The van der Waals surface area contributed by atoms with Crippen molar-refractivity contribution in [3.05, 3.63) is 29.3 Å². The molecule has 1 saturated carbocycles. The summed E-state index contributed by atoms with van der Waals surface area (Å²) in [5, 5.41) is 9.19. The molecule has 19 heavy (non-hydrogen) atoms. The van der Waals surface area contributed by atoms with Crippen LogP contribution in [0.4, 0.5) is 5.69 Å². The number of carbonyl (C=O) groups excluding carboxylic acids is 1. The van der Waals surface area contributed by atoms with Crippen molar-refractivity contribution in [1.82, 2.24) is 4.90 Å². The van der Waals surface area contributed by atoms with Crippen LogP contribution < -0.4 is 5.73 Å². The zero-order chi connectivity index (χ0) is 13.8. The van der Waals surface area contributed by atoms with Gasteiger partial charge < -0.3 is 15.7 Å². The van der Waals surface area contributed by atoms with E-state index >= 15 is 0 Å². The molecule has 0 atom stereocenters. The Kier molecular flexibility index (Phi) is 4.43. The summed E-state index contributed by atoms with van der Waals surface area (Å²) < 4.78 is 0. The number of nitrogens with two attached hydrogens (primary N) is 1. The summed E-state index contributed by atoms with van der Waals surface area (Å²) in [5.74, 6) is -0.0536. The predicted molar refractivity (Wildman–Crippen MR) is 76.0 cm³/mol. The molecule has 0 heterocycles. The number of nitrogens with zero attached hydrogens (tertiary/aromatic N) is 1. The lowest BCUT2D eigenvalue weighted by atomic mass is 10.1. The Morgan fingerprint density at radius 1 is 1.42 bits per heavy atom. The van der Waals surface area contributed by atoms with Crippen molar-refractivity contribution in [2.75, 3.05) is 18.9 Å². The molecule has 1 amide bonds. The summed E-state index contributed by atoms with van der Waals surface area (Å²) in [6.07, 6.45) is 4.36. The zero-order valence-corrected chi connectivity index (χ0v) is 11.4. The van der Waals surface area contributed by atoms with Gasteiger partial charge in [0, 0.05) is 18.3 Å². The maximum atomic E-state index is 12.6. The molecule has 0 aliphatic heterocycles. The summed E-state index contributed by atoms with van der Waals surface area (Å²) in [5.41, 5.74) is 8.00. The molecule has 0 saturated heterocycles. The van der Waals surface area contributed by atoms with Crippen LogP contribution in [0, 0.1) is 6.92 Å². The van der Waals surface area contributed by atoms with Gasteiger partial charge in [0.25, 0.3) is 5.91 Å². The maximum absolute atomic E-state index is 12.6.